The number of rotatable bonds is 7. The first-order valence-electron chi connectivity index (χ1n) is 11.8. The number of esters is 3. The minimum atomic E-state index is -1.35. The van der Waals surface area contributed by atoms with E-state index in [4.69, 9.17) is 25.8 Å². The maximum Gasteiger partial charge on any atom is 0.309 e. The van der Waals surface area contributed by atoms with Gasteiger partial charge in [0.05, 0.1) is 29.4 Å². The van der Waals surface area contributed by atoms with Crippen LogP contribution in [0.3, 0.4) is 0 Å². The van der Waals surface area contributed by atoms with E-state index in [0.717, 1.165) is 25.7 Å². The number of hydrogen-bond donors (Lipinski definition) is 1. The summed E-state index contributed by atoms with van der Waals surface area (Å²) in [6.07, 6.45) is 4.14. The van der Waals surface area contributed by atoms with E-state index in [2.05, 4.69) is 13.8 Å². The monoisotopic (exact) mass is 472 g/mol. The molecular formula is C24H37ClO7. The smallest absolute Gasteiger partial charge is 0.309 e. The molecule has 0 aromatic carbocycles. The minimum absolute atomic E-state index is 0.0397. The van der Waals surface area contributed by atoms with Crippen LogP contribution in [0.25, 0.3) is 0 Å². The van der Waals surface area contributed by atoms with Gasteiger partial charge in [-0.15, -0.1) is 11.6 Å². The Morgan fingerprint density at radius 1 is 1.25 bits per heavy atom. The van der Waals surface area contributed by atoms with Crippen molar-refractivity contribution in [2.45, 2.75) is 84.3 Å². The third-order valence-corrected chi connectivity index (χ3v) is 9.20. The lowest BCUT2D eigenvalue weighted by molar-refractivity contribution is -0.268. The van der Waals surface area contributed by atoms with Crippen molar-refractivity contribution in [3.8, 4) is 0 Å². The number of fused-ring (bicyclic) bond motifs is 1. The summed E-state index contributed by atoms with van der Waals surface area (Å²) < 4.78 is 16.5. The fourth-order valence-corrected chi connectivity index (χ4v) is 7.18. The van der Waals surface area contributed by atoms with Gasteiger partial charge in [-0.25, -0.2) is 0 Å². The third-order valence-electron chi connectivity index (χ3n) is 8.75. The molecular weight excluding hydrogens is 436 g/mol. The first-order chi connectivity index (χ1) is 15.0. The van der Waals surface area contributed by atoms with Crippen molar-refractivity contribution < 1.29 is 33.7 Å². The van der Waals surface area contributed by atoms with Crippen LogP contribution in [0.4, 0.5) is 0 Å². The molecule has 0 aromatic rings. The number of ether oxygens (including phenoxy) is 3. The van der Waals surface area contributed by atoms with Crippen LogP contribution in [0.15, 0.2) is 0 Å². The fraction of sp³-hybridized carbons (Fsp3) is 0.875. The Hall–Kier alpha value is -1.34. The Balaban J connectivity index is 2.05. The number of cyclic esters (lactones) is 1. The van der Waals surface area contributed by atoms with Crippen LogP contribution in [-0.4, -0.2) is 53.8 Å². The largest absolute Gasteiger partial charge is 0.465 e. The number of carbonyl (C=O) groups excluding carboxylic acids is 3. The van der Waals surface area contributed by atoms with Crippen molar-refractivity contribution in [2.75, 3.05) is 19.1 Å². The molecule has 1 aliphatic heterocycles. The molecule has 32 heavy (non-hydrogen) atoms. The van der Waals surface area contributed by atoms with Crippen molar-refractivity contribution in [3.05, 3.63) is 0 Å². The van der Waals surface area contributed by atoms with Crippen molar-refractivity contribution in [3.63, 3.8) is 0 Å². The molecule has 1 heterocycles. The molecule has 0 spiro atoms. The Labute approximate surface area is 195 Å². The second-order valence-corrected chi connectivity index (χ2v) is 10.6. The molecule has 7 nitrogen and oxygen atoms in total. The number of hydrogen-bond acceptors (Lipinski definition) is 7. The quantitative estimate of drug-likeness (QED) is 0.343. The zero-order chi connectivity index (χ0) is 23.7. The number of halogens is 1. The molecule has 8 heteroatoms. The van der Waals surface area contributed by atoms with Gasteiger partial charge >= 0.3 is 17.9 Å². The predicted molar refractivity (Wildman–Crippen MR) is 118 cm³/mol. The third kappa shape index (κ3) is 4.27. The second-order valence-electron chi connectivity index (χ2n) is 10.4. The van der Waals surface area contributed by atoms with Gasteiger partial charge in [0.2, 0.25) is 0 Å². The number of aliphatic hydroxyl groups is 1. The SMILES string of the molecule is CC(=O)OC[C@@]12[C@@H](OC(C)=O)C[C@@H](C)[C@](C)(CCC3CCOC3=O)[C@H]1CCC[C@@]2(O)CCl. The van der Waals surface area contributed by atoms with Crippen LogP contribution in [0.5, 0.6) is 0 Å². The van der Waals surface area contributed by atoms with Crippen molar-refractivity contribution in [1.82, 2.24) is 0 Å². The van der Waals surface area contributed by atoms with Gasteiger partial charge in [-0.1, -0.05) is 20.3 Å². The second kappa shape index (κ2) is 9.49. The summed E-state index contributed by atoms with van der Waals surface area (Å²) in [6.45, 7) is 7.47. The maximum absolute atomic E-state index is 12.1. The predicted octanol–water partition coefficient (Wildman–Crippen LogP) is 3.63. The molecule has 1 saturated heterocycles. The fourth-order valence-electron chi connectivity index (χ4n) is 6.80. The summed E-state index contributed by atoms with van der Waals surface area (Å²) in [5, 5.41) is 11.9. The average Bonchev–Trinajstić information content (AvgIpc) is 3.14. The molecule has 3 fully saturated rings. The van der Waals surface area contributed by atoms with E-state index in [0.29, 0.717) is 25.9 Å². The van der Waals surface area contributed by atoms with E-state index in [1.807, 2.05) is 0 Å². The van der Waals surface area contributed by atoms with E-state index >= 15 is 0 Å². The molecule has 0 bridgehead atoms. The molecule has 3 rings (SSSR count). The van der Waals surface area contributed by atoms with Gasteiger partial charge in [0.25, 0.3) is 0 Å². The number of alkyl halides is 1. The highest BCUT2D eigenvalue weighted by Gasteiger charge is 2.69. The van der Waals surface area contributed by atoms with Crippen LogP contribution in [-0.2, 0) is 28.6 Å². The highest BCUT2D eigenvalue weighted by molar-refractivity contribution is 6.18. The molecule has 1 N–H and O–H groups in total. The Morgan fingerprint density at radius 3 is 2.53 bits per heavy atom. The molecule has 1 unspecified atom stereocenters. The lowest BCUT2D eigenvalue weighted by Crippen LogP contribution is -2.71. The Morgan fingerprint density at radius 2 is 1.97 bits per heavy atom. The van der Waals surface area contributed by atoms with Gasteiger partial charge in [-0.05, 0) is 55.8 Å². The highest BCUT2D eigenvalue weighted by atomic mass is 35.5. The van der Waals surface area contributed by atoms with E-state index in [-0.39, 0.29) is 41.6 Å². The van der Waals surface area contributed by atoms with E-state index < -0.39 is 29.1 Å². The molecule has 2 saturated carbocycles. The minimum Gasteiger partial charge on any atom is -0.465 e. The maximum atomic E-state index is 12.1. The van der Waals surface area contributed by atoms with Crippen molar-refractivity contribution >= 4 is 29.5 Å². The van der Waals surface area contributed by atoms with E-state index in [1.54, 1.807) is 0 Å². The standard InChI is InChI=1S/C24H37ClO7/c1-15-12-20(32-17(3)27)24(14-31-16(2)26)19(6-5-9-23(24,29)13-25)22(15,4)10-7-18-8-11-30-21(18)28/h15,18-20,29H,5-14H2,1-4H3/t15-,18?,19-,20+,22+,23-,24+/m1/s1. The zero-order valence-corrected chi connectivity index (χ0v) is 20.4. The first-order valence-corrected chi connectivity index (χ1v) is 12.3. The summed E-state index contributed by atoms with van der Waals surface area (Å²) in [5.74, 6) is -1.10. The lowest BCUT2D eigenvalue weighted by Gasteiger charge is -2.65. The summed E-state index contributed by atoms with van der Waals surface area (Å²) in [6, 6.07) is 0. The van der Waals surface area contributed by atoms with Crippen LogP contribution in [0.1, 0.15) is 72.6 Å². The summed E-state index contributed by atoms with van der Waals surface area (Å²) in [7, 11) is 0. The lowest BCUT2D eigenvalue weighted by atomic mass is 9.42. The molecule has 182 valence electrons. The van der Waals surface area contributed by atoms with Crippen molar-refractivity contribution in [2.24, 2.45) is 28.6 Å². The number of carbonyl (C=O) groups is 3. The van der Waals surface area contributed by atoms with Gasteiger partial charge < -0.3 is 19.3 Å². The van der Waals surface area contributed by atoms with E-state index in [1.165, 1.54) is 13.8 Å². The normalized spacial score (nSPS) is 41.5. The topological polar surface area (TPSA) is 99.1 Å². The Bertz CT molecular complexity index is 742. The first kappa shape index (κ1) is 25.3. The van der Waals surface area contributed by atoms with Gasteiger partial charge in [0.15, 0.2) is 0 Å². The summed E-state index contributed by atoms with van der Waals surface area (Å²) in [4.78, 5) is 36.0. The van der Waals surface area contributed by atoms with Crippen LogP contribution < -0.4 is 0 Å². The van der Waals surface area contributed by atoms with Gasteiger partial charge in [0.1, 0.15) is 12.7 Å². The molecule has 7 atom stereocenters. The highest BCUT2D eigenvalue weighted by Crippen LogP contribution is 2.65. The zero-order valence-electron chi connectivity index (χ0n) is 19.7. The average molecular weight is 473 g/mol. The van der Waals surface area contributed by atoms with E-state index in [9.17, 15) is 19.5 Å². The van der Waals surface area contributed by atoms with Crippen LogP contribution in [0, 0.1) is 28.6 Å². The summed E-state index contributed by atoms with van der Waals surface area (Å²) in [5.41, 5.74) is -2.62. The van der Waals surface area contributed by atoms with Gasteiger partial charge in [-0.3, -0.25) is 14.4 Å². The molecule has 0 amide bonds. The van der Waals surface area contributed by atoms with Crippen LogP contribution >= 0.6 is 11.6 Å². The summed E-state index contributed by atoms with van der Waals surface area (Å²) >= 11 is 6.39. The molecule has 0 radical (unpaired) electrons. The van der Waals surface area contributed by atoms with Crippen LogP contribution in [0.2, 0.25) is 0 Å². The molecule has 0 aromatic heterocycles. The Kier molecular flexibility index (Phi) is 7.50. The molecule has 3 aliphatic rings. The van der Waals surface area contributed by atoms with Gasteiger partial charge in [0, 0.05) is 13.8 Å². The molecule has 2 aliphatic carbocycles. The van der Waals surface area contributed by atoms with Gasteiger partial charge in [-0.2, -0.15) is 0 Å². The van der Waals surface area contributed by atoms with Crippen molar-refractivity contribution in [1.29, 1.82) is 0 Å².